The standard InChI is InChI=1S/C19H25ClN4O3/c1-4-5-10-24(2)19-21-13-16(20)17(23-19)18(25)22-14-6-8-15(9-7-14)27-12-11-26-3/h6-9,13H,4-5,10-12H2,1-3H3,(H,22,25). The van der Waals surface area contributed by atoms with E-state index in [9.17, 15) is 4.79 Å². The number of hydrogen-bond acceptors (Lipinski definition) is 6. The molecule has 0 saturated carbocycles. The maximum absolute atomic E-state index is 12.6. The molecule has 2 aromatic rings. The minimum atomic E-state index is -0.388. The molecule has 0 spiro atoms. The van der Waals surface area contributed by atoms with Crippen molar-refractivity contribution in [2.24, 2.45) is 0 Å². The molecule has 1 amide bonds. The van der Waals surface area contributed by atoms with E-state index in [4.69, 9.17) is 21.1 Å². The van der Waals surface area contributed by atoms with Gasteiger partial charge < -0.3 is 19.7 Å². The molecule has 27 heavy (non-hydrogen) atoms. The van der Waals surface area contributed by atoms with E-state index in [2.05, 4.69) is 22.2 Å². The van der Waals surface area contributed by atoms with Crippen LogP contribution in [0, 0.1) is 0 Å². The van der Waals surface area contributed by atoms with Crippen LogP contribution in [0.4, 0.5) is 11.6 Å². The Balaban J connectivity index is 2.04. The van der Waals surface area contributed by atoms with Crippen LogP contribution in [0.15, 0.2) is 30.5 Å². The molecule has 0 atom stereocenters. The van der Waals surface area contributed by atoms with Gasteiger partial charge >= 0.3 is 0 Å². The second-order valence-corrected chi connectivity index (χ2v) is 6.37. The second kappa shape index (κ2) is 10.7. The normalized spacial score (nSPS) is 10.5. The van der Waals surface area contributed by atoms with Crippen molar-refractivity contribution in [3.05, 3.63) is 41.2 Å². The highest BCUT2D eigenvalue weighted by Crippen LogP contribution is 2.20. The highest BCUT2D eigenvalue weighted by molar-refractivity contribution is 6.34. The van der Waals surface area contributed by atoms with E-state index in [1.54, 1.807) is 31.4 Å². The van der Waals surface area contributed by atoms with Gasteiger partial charge in [-0.05, 0) is 30.7 Å². The summed E-state index contributed by atoms with van der Waals surface area (Å²) in [7, 11) is 3.51. The van der Waals surface area contributed by atoms with Gasteiger partial charge in [-0.25, -0.2) is 9.97 Å². The van der Waals surface area contributed by atoms with E-state index in [1.165, 1.54) is 6.20 Å². The van der Waals surface area contributed by atoms with Crippen molar-refractivity contribution < 1.29 is 14.3 Å². The number of rotatable bonds is 10. The van der Waals surface area contributed by atoms with Crippen LogP contribution in [0.1, 0.15) is 30.3 Å². The largest absolute Gasteiger partial charge is 0.491 e. The average Bonchev–Trinajstić information content (AvgIpc) is 2.68. The summed E-state index contributed by atoms with van der Waals surface area (Å²) >= 11 is 6.13. The van der Waals surface area contributed by atoms with Crippen LogP contribution < -0.4 is 15.0 Å². The van der Waals surface area contributed by atoms with Crippen molar-refractivity contribution in [1.82, 2.24) is 9.97 Å². The molecule has 0 aliphatic rings. The number of nitrogens with one attached hydrogen (secondary N) is 1. The smallest absolute Gasteiger partial charge is 0.276 e. The van der Waals surface area contributed by atoms with Crippen LogP contribution >= 0.6 is 11.6 Å². The molecule has 7 nitrogen and oxygen atoms in total. The number of methoxy groups -OCH3 is 1. The zero-order chi connectivity index (χ0) is 19.6. The predicted molar refractivity (Wildman–Crippen MR) is 107 cm³/mol. The summed E-state index contributed by atoms with van der Waals surface area (Å²) in [5, 5.41) is 3.00. The Bertz CT molecular complexity index is 740. The van der Waals surface area contributed by atoms with Crippen molar-refractivity contribution in [3.8, 4) is 5.75 Å². The summed E-state index contributed by atoms with van der Waals surface area (Å²) in [5.74, 6) is 0.783. The molecule has 0 aliphatic carbocycles. The van der Waals surface area contributed by atoms with E-state index in [-0.39, 0.29) is 16.6 Å². The third-order valence-electron chi connectivity index (χ3n) is 3.80. The fraction of sp³-hybridized carbons (Fsp3) is 0.421. The van der Waals surface area contributed by atoms with Gasteiger partial charge in [-0.3, -0.25) is 4.79 Å². The number of benzene rings is 1. The molecule has 146 valence electrons. The number of ether oxygens (including phenoxy) is 2. The number of carbonyl (C=O) groups is 1. The summed E-state index contributed by atoms with van der Waals surface area (Å²) in [6.45, 7) is 3.90. The van der Waals surface area contributed by atoms with Gasteiger partial charge in [0.2, 0.25) is 5.95 Å². The third-order valence-corrected chi connectivity index (χ3v) is 4.08. The first-order valence-corrected chi connectivity index (χ1v) is 9.19. The first kappa shape index (κ1) is 20.9. The number of unbranched alkanes of at least 4 members (excludes halogenated alkanes) is 1. The quantitative estimate of drug-likeness (QED) is 0.622. The summed E-state index contributed by atoms with van der Waals surface area (Å²) in [4.78, 5) is 23.0. The molecule has 0 aliphatic heterocycles. The van der Waals surface area contributed by atoms with Crippen LogP contribution in [0.2, 0.25) is 5.02 Å². The van der Waals surface area contributed by atoms with Gasteiger partial charge in [-0.1, -0.05) is 24.9 Å². The van der Waals surface area contributed by atoms with E-state index in [0.29, 0.717) is 30.6 Å². The Hall–Kier alpha value is -2.38. The molecule has 2 rings (SSSR count). The third kappa shape index (κ3) is 6.37. The van der Waals surface area contributed by atoms with Crippen molar-refractivity contribution >= 4 is 29.1 Å². The van der Waals surface area contributed by atoms with Gasteiger partial charge in [0.25, 0.3) is 5.91 Å². The summed E-state index contributed by atoms with van der Waals surface area (Å²) in [5.41, 5.74) is 0.764. The van der Waals surface area contributed by atoms with Crippen molar-refractivity contribution in [3.63, 3.8) is 0 Å². The van der Waals surface area contributed by atoms with Crippen LogP contribution in [0.25, 0.3) is 0 Å². The van der Waals surface area contributed by atoms with Crippen molar-refractivity contribution in [2.45, 2.75) is 19.8 Å². The number of halogens is 1. The minimum absolute atomic E-state index is 0.144. The van der Waals surface area contributed by atoms with Gasteiger partial charge in [-0.2, -0.15) is 0 Å². The van der Waals surface area contributed by atoms with E-state index in [0.717, 1.165) is 19.4 Å². The zero-order valence-electron chi connectivity index (χ0n) is 15.9. The second-order valence-electron chi connectivity index (χ2n) is 5.96. The Morgan fingerprint density at radius 3 is 2.67 bits per heavy atom. The lowest BCUT2D eigenvalue weighted by molar-refractivity contribution is 0.102. The molecule has 0 bridgehead atoms. The molecule has 0 unspecified atom stereocenters. The maximum atomic E-state index is 12.6. The highest BCUT2D eigenvalue weighted by atomic mass is 35.5. The molecule has 0 radical (unpaired) electrons. The highest BCUT2D eigenvalue weighted by Gasteiger charge is 2.16. The zero-order valence-corrected chi connectivity index (χ0v) is 16.6. The van der Waals surface area contributed by atoms with Gasteiger partial charge in [-0.15, -0.1) is 0 Å². The molecule has 1 heterocycles. The summed E-state index contributed by atoms with van der Waals surface area (Å²) in [6.07, 6.45) is 3.53. The van der Waals surface area contributed by atoms with Crippen LogP contribution in [-0.2, 0) is 4.74 Å². The number of amides is 1. The van der Waals surface area contributed by atoms with Gasteiger partial charge in [0.05, 0.1) is 17.8 Å². The van der Waals surface area contributed by atoms with Crippen molar-refractivity contribution in [2.75, 3.05) is 44.1 Å². The average molecular weight is 393 g/mol. The van der Waals surface area contributed by atoms with Gasteiger partial charge in [0.1, 0.15) is 12.4 Å². The molecule has 1 aromatic heterocycles. The molecule has 0 fully saturated rings. The number of anilines is 2. The molecule has 0 saturated heterocycles. The predicted octanol–water partition coefficient (Wildman–Crippen LogP) is 3.64. The monoisotopic (exact) mass is 392 g/mol. The van der Waals surface area contributed by atoms with Crippen molar-refractivity contribution in [1.29, 1.82) is 0 Å². The number of aromatic nitrogens is 2. The van der Waals surface area contributed by atoms with E-state index in [1.807, 2.05) is 11.9 Å². The number of carbonyl (C=O) groups excluding carboxylic acids is 1. The Morgan fingerprint density at radius 2 is 2.00 bits per heavy atom. The van der Waals surface area contributed by atoms with Crippen LogP contribution in [0.5, 0.6) is 5.75 Å². The summed E-state index contributed by atoms with van der Waals surface area (Å²) < 4.78 is 10.4. The first-order chi connectivity index (χ1) is 13.0. The molecular formula is C19H25ClN4O3. The molecule has 1 N–H and O–H groups in total. The minimum Gasteiger partial charge on any atom is -0.491 e. The molecular weight excluding hydrogens is 368 g/mol. The van der Waals surface area contributed by atoms with E-state index >= 15 is 0 Å². The lowest BCUT2D eigenvalue weighted by Gasteiger charge is -2.17. The Kier molecular flexibility index (Phi) is 8.29. The van der Waals surface area contributed by atoms with Gasteiger partial charge in [0.15, 0.2) is 5.69 Å². The lowest BCUT2D eigenvalue weighted by Crippen LogP contribution is -2.23. The van der Waals surface area contributed by atoms with Crippen LogP contribution in [-0.4, -0.2) is 49.8 Å². The van der Waals surface area contributed by atoms with Gasteiger partial charge in [0, 0.05) is 26.4 Å². The maximum Gasteiger partial charge on any atom is 0.276 e. The SMILES string of the molecule is CCCCN(C)c1ncc(Cl)c(C(=O)Nc2ccc(OCCOC)cc2)n1. The number of hydrogen-bond donors (Lipinski definition) is 1. The fourth-order valence-electron chi connectivity index (χ4n) is 2.26. The summed E-state index contributed by atoms with van der Waals surface area (Å²) in [6, 6.07) is 7.06. The van der Waals surface area contributed by atoms with Crippen LogP contribution in [0.3, 0.4) is 0 Å². The lowest BCUT2D eigenvalue weighted by atomic mass is 10.3. The molecule has 1 aromatic carbocycles. The Morgan fingerprint density at radius 1 is 1.26 bits per heavy atom. The first-order valence-electron chi connectivity index (χ1n) is 8.82. The number of nitrogens with zero attached hydrogens (tertiary/aromatic N) is 3. The fourth-order valence-corrected chi connectivity index (χ4v) is 2.44. The molecule has 8 heteroatoms. The van der Waals surface area contributed by atoms with E-state index < -0.39 is 0 Å². The topological polar surface area (TPSA) is 76.6 Å². The Labute approximate surface area is 164 Å².